The molecule has 0 unspecified atom stereocenters. The topological polar surface area (TPSA) is 76.5 Å². The number of para-hydroxylation sites is 1. The van der Waals surface area contributed by atoms with Crippen LogP contribution < -0.4 is 0 Å². The third-order valence-electron chi connectivity index (χ3n) is 5.78. The molecule has 0 spiro atoms. The molecule has 30 heavy (non-hydrogen) atoms. The number of likely N-dealkylation sites (tertiary alicyclic amines) is 1. The molecule has 0 saturated carbocycles. The molecule has 2 atom stereocenters. The van der Waals surface area contributed by atoms with E-state index in [4.69, 9.17) is 4.42 Å². The molecule has 154 valence electrons. The number of aromatic nitrogens is 4. The number of alkyl halides is 2. The molecule has 9 heteroatoms. The standard InChI is InChI=1S/C21H19F2N5O2/c1-12-6-7-27(20(29)18-8-13-4-2-3-5-17(13)30-18)10-14(12)16-9-15(19(22)23)26-21-24-11-25-28(16)21/h2-5,8-9,11-12,14,19H,6-7,10H2,1H3/t12-,14-/m1/s1. The molecule has 4 aromatic rings. The molecule has 4 heterocycles. The Labute approximate surface area is 170 Å². The highest BCUT2D eigenvalue weighted by Gasteiger charge is 2.34. The first-order chi connectivity index (χ1) is 14.5. The Kier molecular flexibility index (Phi) is 4.45. The van der Waals surface area contributed by atoms with Gasteiger partial charge in [-0.25, -0.2) is 18.3 Å². The van der Waals surface area contributed by atoms with Gasteiger partial charge in [-0.3, -0.25) is 4.79 Å². The summed E-state index contributed by atoms with van der Waals surface area (Å²) in [5.41, 5.74) is 0.906. The minimum Gasteiger partial charge on any atom is -0.451 e. The fourth-order valence-corrected chi connectivity index (χ4v) is 4.11. The average molecular weight is 411 g/mol. The number of carbonyl (C=O) groups excluding carboxylic acids is 1. The van der Waals surface area contributed by atoms with Crippen molar-refractivity contribution in [3.8, 4) is 0 Å². The van der Waals surface area contributed by atoms with Crippen LogP contribution in [0.15, 0.2) is 47.1 Å². The number of furan rings is 1. The van der Waals surface area contributed by atoms with E-state index in [9.17, 15) is 13.6 Å². The second kappa shape index (κ2) is 7.16. The van der Waals surface area contributed by atoms with Gasteiger partial charge in [0.2, 0.25) is 0 Å². The molecule has 1 fully saturated rings. The predicted octanol–water partition coefficient (Wildman–Crippen LogP) is 4.07. The molecule has 1 aliphatic rings. The van der Waals surface area contributed by atoms with Crippen LogP contribution in [-0.4, -0.2) is 43.5 Å². The van der Waals surface area contributed by atoms with Gasteiger partial charge in [0, 0.05) is 24.4 Å². The zero-order valence-corrected chi connectivity index (χ0v) is 16.2. The SMILES string of the molecule is C[C@@H]1CCN(C(=O)c2cc3ccccc3o2)C[C@H]1c1cc(C(F)F)nc2ncnn12. The lowest BCUT2D eigenvalue weighted by Crippen LogP contribution is -2.42. The van der Waals surface area contributed by atoms with Crippen molar-refractivity contribution < 1.29 is 18.0 Å². The van der Waals surface area contributed by atoms with E-state index in [0.717, 1.165) is 11.8 Å². The monoisotopic (exact) mass is 411 g/mol. The molecule has 1 saturated heterocycles. The minimum absolute atomic E-state index is 0.135. The highest BCUT2D eigenvalue weighted by molar-refractivity contribution is 5.96. The number of hydrogen-bond donors (Lipinski definition) is 0. The van der Waals surface area contributed by atoms with Crippen LogP contribution in [0.4, 0.5) is 8.78 Å². The lowest BCUT2D eigenvalue weighted by molar-refractivity contribution is 0.0636. The van der Waals surface area contributed by atoms with Gasteiger partial charge in [0.05, 0.1) is 5.69 Å². The quantitative estimate of drug-likeness (QED) is 0.508. The van der Waals surface area contributed by atoms with E-state index in [1.54, 1.807) is 11.0 Å². The summed E-state index contributed by atoms with van der Waals surface area (Å²) >= 11 is 0. The lowest BCUT2D eigenvalue weighted by Gasteiger charge is -2.36. The Bertz CT molecular complexity index is 1200. The molecule has 0 N–H and O–H groups in total. The molecule has 0 aliphatic carbocycles. The van der Waals surface area contributed by atoms with Crippen LogP contribution in [0.25, 0.3) is 16.7 Å². The summed E-state index contributed by atoms with van der Waals surface area (Å²) in [6.45, 7) is 3.00. The van der Waals surface area contributed by atoms with Crippen LogP contribution in [-0.2, 0) is 0 Å². The van der Waals surface area contributed by atoms with Gasteiger partial charge in [0.25, 0.3) is 18.1 Å². The maximum atomic E-state index is 13.4. The summed E-state index contributed by atoms with van der Waals surface area (Å²) in [6, 6.07) is 10.6. The van der Waals surface area contributed by atoms with E-state index in [0.29, 0.717) is 24.4 Å². The molecular formula is C21H19F2N5O2. The lowest BCUT2D eigenvalue weighted by atomic mass is 9.84. The highest BCUT2D eigenvalue weighted by Crippen LogP contribution is 2.34. The van der Waals surface area contributed by atoms with Crippen molar-refractivity contribution in [2.75, 3.05) is 13.1 Å². The Morgan fingerprint density at radius 2 is 2.10 bits per heavy atom. The first-order valence-corrected chi connectivity index (χ1v) is 9.78. The van der Waals surface area contributed by atoms with Crippen LogP contribution in [0.1, 0.15) is 47.6 Å². The molecule has 3 aromatic heterocycles. The summed E-state index contributed by atoms with van der Waals surface area (Å²) in [4.78, 5) is 22.7. The van der Waals surface area contributed by atoms with Gasteiger partial charge in [-0.05, 0) is 30.5 Å². The van der Waals surface area contributed by atoms with Crippen LogP contribution >= 0.6 is 0 Å². The molecular weight excluding hydrogens is 392 g/mol. The number of rotatable bonds is 3. The second-order valence-electron chi connectivity index (χ2n) is 7.65. The third-order valence-corrected chi connectivity index (χ3v) is 5.78. The predicted molar refractivity (Wildman–Crippen MR) is 104 cm³/mol. The van der Waals surface area contributed by atoms with Crippen molar-refractivity contribution in [3.05, 3.63) is 59.9 Å². The van der Waals surface area contributed by atoms with E-state index < -0.39 is 6.43 Å². The molecule has 5 rings (SSSR count). The summed E-state index contributed by atoms with van der Waals surface area (Å²) in [6.07, 6.45) is -0.678. The summed E-state index contributed by atoms with van der Waals surface area (Å²) in [7, 11) is 0. The number of hydrogen-bond acceptors (Lipinski definition) is 5. The van der Waals surface area contributed by atoms with Gasteiger partial charge in [-0.1, -0.05) is 25.1 Å². The van der Waals surface area contributed by atoms with Crippen LogP contribution in [0.2, 0.25) is 0 Å². The van der Waals surface area contributed by atoms with Crippen molar-refractivity contribution in [2.45, 2.75) is 25.7 Å². The molecule has 7 nitrogen and oxygen atoms in total. The average Bonchev–Trinajstić information content (AvgIpc) is 3.39. The number of benzene rings is 1. The smallest absolute Gasteiger partial charge is 0.289 e. The van der Waals surface area contributed by atoms with E-state index in [2.05, 4.69) is 22.0 Å². The van der Waals surface area contributed by atoms with Crippen LogP contribution in [0, 0.1) is 5.92 Å². The normalized spacial score (nSPS) is 19.8. The summed E-state index contributed by atoms with van der Waals surface area (Å²) in [5, 5.41) is 5.03. The molecule has 1 amide bonds. The van der Waals surface area contributed by atoms with Gasteiger partial charge in [0.1, 0.15) is 17.6 Å². The maximum Gasteiger partial charge on any atom is 0.289 e. The van der Waals surface area contributed by atoms with Gasteiger partial charge in [-0.2, -0.15) is 10.1 Å². The Hall–Kier alpha value is -3.36. The zero-order valence-electron chi connectivity index (χ0n) is 16.2. The zero-order chi connectivity index (χ0) is 20.8. The van der Waals surface area contributed by atoms with E-state index >= 15 is 0 Å². The summed E-state index contributed by atoms with van der Waals surface area (Å²) < 4.78 is 34.0. The first kappa shape index (κ1) is 18.7. The number of carbonyl (C=O) groups is 1. The third kappa shape index (κ3) is 3.10. The van der Waals surface area contributed by atoms with Gasteiger partial charge < -0.3 is 9.32 Å². The molecule has 1 aromatic carbocycles. The molecule has 0 bridgehead atoms. The van der Waals surface area contributed by atoms with Crippen LogP contribution in [0.3, 0.4) is 0 Å². The molecule has 1 aliphatic heterocycles. The second-order valence-corrected chi connectivity index (χ2v) is 7.65. The van der Waals surface area contributed by atoms with Gasteiger partial charge in [-0.15, -0.1) is 0 Å². The Morgan fingerprint density at radius 3 is 2.90 bits per heavy atom. The fraction of sp³-hybridized carbons (Fsp3) is 0.333. The van der Waals surface area contributed by atoms with Crippen molar-refractivity contribution in [2.24, 2.45) is 5.92 Å². The van der Waals surface area contributed by atoms with Crippen molar-refractivity contribution in [3.63, 3.8) is 0 Å². The van der Waals surface area contributed by atoms with Crippen LogP contribution in [0.5, 0.6) is 0 Å². The minimum atomic E-state index is -2.71. The number of nitrogens with zero attached hydrogens (tertiary/aromatic N) is 5. The van der Waals surface area contributed by atoms with Crippen molar-refractivity contribution in [1.29, 1.82) is 0 Å². The first-order valence-electron chi connectivity index (χ1n) is 9.78. The van der Waals surface area contributed by atoms with E-state index in [1.165, 1.54) is 16.9 Å². The summed E-state index contributed by atoms with van der Waals surface area (Å²) in [5.74, 6) is 0.192. The van der Waals surface area contributed by atoms with Crippen molar-refractivity contribution >= 4 is 22.7 Å². The number of piperidine rings is 1. The fourth-order valence-electron chi connectivity index (χ4n) is 4.11. The Morgan fingerprint density at radius 1 is 1.27 bits per heavy atom. The van der Waals surface area contributed by atoms with Gasteiger partial charge in [0.15, 0.2) is 5.76 Å². The number of fused-ring (bicyclic) bond motifs is 2. The van der Waals surface area contributed by atoms with Crippen molar-refractivity contribution in [1.82, 2.24) is 24.5 Å². The highest BCUT2D eigenvalue weighted by atomic mass is 19.3. The van der Waals surface area contributed by atoms with E-state index in [1.807, 2.05) is 24.3 Å². The van der Waals surface area contributed by atoms with Gasteiger partial charge >= 0.3 is 0 Å². The van der Waals surface area contributed by atoms with E-state index in [-0.39, 0.29) is 35.0 Å². The Balaban J connectivity index is 1.49. The number of amides is 1. The maximum absolute atomic E-state index is 13.4. The largest absolute Gasteiger partial charge is 0.451 e. The molecule has 0 radical (unpaired) electrons. The number of halogens is 2.